The van der Waals surface area contributed by atoms with Crippen molar-refractivity contribution in [3.05, 3.63) is 65.2 Å². The molecule has 0 radical (unpaired) electrons. The van der Waals surface area contributed by atoms with Crippen molar-refractivity contribution in [1.82, 2.24) is 20.4 Å². The first-order chi connectivity index (χ1) is 21.6. The first-order valence-corrected chi connectivity index (χ1v) is 15.3. The number of amides is 4. The molecule has 14 heteroatoms. The number of urea groups is 1. The van der Waals surface area contributed by atoms with Gasteiger partial charge in [-0.25, -0.2) is 14.8 Å². The Hall–Kier alpha value is -4.69. The molecule has 1 saturated carbocycles. The second kappa shape index (κ2) is 9.41. The number of nitrogens with zero attached hydrogens (tertiary/aromatic N) is 5. The van der Waals surface area contributed by atoms with Crippen molar-refractivity contribution in [2.75, 3.05) is 24.5 Å². The zero-order chi connectivity index (χ0) is 31.3. The largest absolute Gasteiger partial charge is 0.370 e. The summed E-state index contributed by atoms with van der Waals surface area (Å²) in [6.45, 7) is -0.469. The lowest BCUT2D eigenvalue weighted by Crippen LogP contribution is -2.78. The summed E-state index contributed by atoms with van der Waals surface area (Å²) in [4.78, 5) is 53.0. The maximum atomic E-state index is 13.7. The zero-order valence-electron chi connectivity index (χ0n) is 24.5. The summed E-state index contributed by atoms with van der Waals surface area (Å²) in [5, 5.41) is 29.5. The van der Waals surface area contributed by atoms with Gasteiger partial charge in [-0.2, -0.15) is 0 Å². The summed E-state index contributed by atoms with van der Waals surface area (Å²) in [6, 6.07) is 10.8. The average molecular weight is 614 g/mol. The summed E-state index contributed by atoms with van der Waals surface area (Å²) in [7, 11) is 0. The lowest BCUT2D eigenvalue weighted by atomic mass is 9.65. The molecule has 2 unspecified atom stereocenters. The van der Waals surface area contributed by atoms with Crippen molar-refractivity contribution in [2.45, 2.75) is 67.1 Å². The maximum Gasteiger partial charge on any atom is 0.331 e. The molecule has 2 aliphatic carbocycles. The standard InChI is InChI=1S/C31H35N9O5/c32-26-36-24-21(14-39-23(41)16-38(28(39)43)17-6-2-1-3-7-17)34-27(33)40-15-22(31(44,45)30(24,40)37-26)35-25(42)19-8-4-9-20-18(19)10-13-29(20)11-5-12-29/h1-4,6-9,21-22,24,44-45H,5,10-16H2,(H2,33,34)(H,35,42)(H3,32,36,37)/t21-,22?,24-,30?/m0/s1. The van der Waals surface area contributed by atoms with Crippen LogP contribution in [0.2, 0.25) is 0 Å². The number of hydrogen-bond acceptors (Lipinski definition) is 11. The van der Waals surface area contributed by atoms with E-state index in [9.17, 15) is 24.6 Å². The third kappa shape index (κ3) is 3.72. The summed E-state index contributed by atoms with van der Waals surface area (Å²) in [5.74, 6) is -3.65. The molecular formula is C31H35N9O5. The van der Waals surface area contributed by atoms with Crippen LogP contribution in [0.5, 0.6) is 0 Å². The predicted molar refractivity (Wildman–Crippen MR) is 163 cm³/mol. The minimum Gasteiger partial charge on any atom is -0.370 e. The minimum atomic E-state index is -2.64. The Balaban J connectivity index is 1.07. The molecule has 4 amide bonds. The van der Waals surface area contributed by atoms with Gasteiger partial charge in [0, 0.05) is 17.8 Å². The average Bonchev–Trinajstić information content (AvgIpc) is 3.71. The van der Waals surface area contributed by atoms with Crippen LogP contribution in [-0.4, -0.2) is 99.0 Å². The Labute approximate surface area is 258 Å². The molecule has 2 spiro atoms. The number of benzene rings is 2. The normalized spacial score (nSPS) is 30.4. The Morgan fingerprint density at radius 2 is 1.82 bits per heavy atom. The number of rotatable bonds is 5. The number of guanidine groups is 2. The highest BCUT2D eigenvalue weighted by atomic mass is 16.5. The number of anilines is 1. The highest BCUT2D eigenvalue weighted by Gasteiger charge is 2.73. The molecule has 2 saturated heterocycles. The van der Waals surface area contributed by atoms with Gasteiger partial charge in [-0.3, -0.25) is 19.4 Å². The minimum absolute atomic E-state index is 0.0654. The second-order valence-electron chi connectivity index (χ2n) is 12.9. The summed E-state index contributed by atoms with van der Waals surface area (Å²) < 4.78 is 0. The van der Waals surface area contributed by atoms with Gasteiger partial charge in [0.15, 0.2) is 17.6 Å². The summed E-state index contributed by atoms with van der Waals surface area (Å²) in [5.41, 5.74) is 14.2. The Bertz CT molecular complexity index is 1690. The molecule has 4 heterocycles. The summed E-state index contributed by atoms with van der Waals surface area (Å²) in [6.07, 6.45) is 5.23. The van der Waals surface area contributed by atoms with E-state index in [0.717, 1.165) is 36.1 Å². The van der Waals surface area contributed by atoms with E-state index in [1.807, 2.05) is 12.1 Å². The van der Waals surface area contributed by atoms with E-state index < -0.39 is 47.4 Å². The lowest BCUT2D eigenvalue weighted by Gasteiger charge is -2.49. The lowest BCUT2D eigenvalue weighted by molar-refractivity contribution is -0.230. The van der Waals surface area contributed by atoms with Gasteiger partial charge in [0.05, 0.1) is 12.6 Å². The fraction of sp³-hybridized carbons (Fsp3) is 0.452. The summed E-state index contributed by atoms with van der Waals surface area (Å²) >= 11 is 0. The highest BCUT2D eigenvalue weighted by Crippen LogP contribution is 2.53. The first-order valence-electron chi connectivity index (χ1n) is 15.3. The third-order valence-corrected chi connectivity index (χ3v) is 10.8. The molecule has 6 aliphatic rings. The molecule has 3 fully saturated rings. The van der Waals surface area contributed by atoms with Crippen molar-refractivity contribution in [2.24, 2.45) is 21.5 Å². The molecule has 0 aromatic heterocycles. The molecule has 4 aliphatic heterocycles. The van der Waals surface area contributed by atoms with E-state index in [-0.39, 0.29) is 37.0 Å². The highest BCUT2D eigenvalue weighted by molar-refractivity contribution is 6.12. The van der Waals surface area contributed by atoms with Gasteiger partial charge in [0.1, 0.15) is 18.6 Å². The predicted octanol–water partition coefficient (Wildman–Crippen LogP) is -0.702. The fourth-order valence-electron chi connectivity index (χ4n) is 8.38. The smallest absolute Gasteiger partial charge is 0.331 e. The molecule has 4 atom stereocenters. The van der Waals surface area contributed by atoms with E-state index in [2.05, 4.69) is 26.7 Å². The van der Waals surface area contributed by atoms with Crippen LogP contribution in [0.4, 0.5) is 10.5 Å². The topological polar surface area (TPSA) is 202 Å². The van der Waals surface area contributed by atoms with Crippen LogP contribution in [0.25, 0.3) is 0 Å². The van der Waals surface area contributed by atoms with Gasteiger partial charge >= 0.3 is 6.03 Å². The molecule has 2 aromatic carbocycles. The number of imide groups is 1. The quantitative estimate of drug-likeness (QED) is 0.186. The van der Waals surface area contributed by atoms with Crippen LogP contribution in [0, 0.1) is 0 Å². The molecular weight excluding hydrogens is 578 g/mol. The van der Waals surface area contributed by atoms with Crippen molar-refractivity contribution in [3.8, 4) is 0 Å². The van der Waals surface area contributed by atoms with Gasteiger partial charge in [0.2, 0.25) is 5.79 Å². The second-order valence-corrected chi connectivity index (χ2v) is 12.9. The van der Waals surface area contributed by atoms with Gasteiger partial charge in [0.25, 0.3) is 11.8 Å². The number of aliphatic hydroxyl groups is 2. The van der Waals surface area contributed by atoms with Gasteiger partial charge < -0.3 is 37.2 Å². The van der Waals surface area contributed by atoms with Crippen LogP contribution >= 0.6 is 0 Å². The van der Waals surface area contributed by atoms with Gasteiger partial charge in [-0.15, -0.1) is 0 Å². The van der Waals surface area contributed by atoms with Gasteiger partial charge in [-0.1, -0.05) is 36.8 Å². The first kappa shape index (κ1) is 27.8. The number of nitrogens with two attached hydrogens (primary N) is 2. The number of para-hydroxylation sites is 1. The van der Waals surface area contributed by atoms with Crippen LogP contribution in [-0.2, 0) is 16.6 Å². The molecule has 8 rings (SSSR count). The van der Waals surface area contributed by atoms with E-state index in [0.29, 0.717) is 11.3 Å². The van der Waals surface area contributed by atoms with Crippen molar-refractivity contribution < 1.29 is 24.6 Å². The van der Waals surface area contributed by atoms with Crippen LogP contribution in [0.15, 0.2) is 58.5 Å². The van der Waals surface area contributed by atoms with E-state index in [4.69, 9.17) is 11.5 Å². The number of fused-ring (bicyclic) bond motifs is 2. The van der Waals surface area contributed by atoms with Crippen molar-refractivity contribution in [1.29, 1.82) is 0 Å². The molecule has 8 N–H and O–H groups in total. The van der Waals surface area contributed by atoms with Crippen molar-refractivity contribution >= 4 is 35.5 Å². The number of carbonyl (C=O) groups is 3. The Morgan fingerprint density at radius 1 is 1.04 bits per heavy atom. The zero-order valence-corrected chi connectivity index (χ0v) is 24.5. The van der Waals surface area contributed by atoms with Crippen LogP contribution in [0.1, 0.15) is 47.2 Å². The fourth-order valence-corrected chi connectivity index (χ4v) is 8.38. The molecule has 45 heavy (non-hydrogen) atoms. The molecule has 2 aromatic rings. The Morgan fingerprint density at radius 3 is 2.56 bits per heavy atom. The molecule has 14 nitrogen and oxygen atoms in total. The van der Waals surface area contributed by atoms with Gasteiger partial charge in [-0.05, 0) is 60.4 Å². The van der Waals surface area contributed by atoms with Crippen molar-refractivity contribution in [3.63, 3.8) is 0 Å². The number of aliphatic imine (C=N–C) groups is 2. The van der Waals surface area contributed by atoms with Crippen LogP contribution in [0.3, 0.4) is 0 Å². The molecule has 0 bridgehead atoms. The van der Waals surface area contributed by atoms with E-state index >= 15 is 0 Å². The Kier molecular flexibility index (Phi) is 5.82. The van der Waals surface area contributed by atoms with E-state index in [1.54, 1.807) is 30.3 Å². The van der Waals surface area contributed by atoms with E-state index in [1.165, 1.54) is 21.8 Å². The number of hydrogen-bond donors (Lipinski definition) is 6. The SMILES string of the molecule is NC1=N[C@H]2[C@H](CN3C(=O)CN(c4ccccc4)C3=O)N=C(N)N3CC(NC(=O)c4cccc5c4CCC54CCC4)C(O)(O)C23N1. The third-order valence-electron chi connectivity index (χ3n) is 10.8. The maximum absolute atomic E-state index is 13.7. The van der Waals surface area contributed by atoms with Crippen LogP contribution < -0.4 is 27.0 Å². The number of nitrogens with one attached hydrogen (secondary N) is 2. The number of carbonyl (C=O) groups excluding carboxylic acids is 3. The monoisotopic (exact) mass is 613 g/mol. The molecule has 234 valence electrons.